The van der Waals surface area contributed by atoms with Crippen LogP contribution >= 0.6 is 0 Å². The summed E-state index contributed by atoms with van der Waals surface area (Å²) in [7, 11) is 0. The summed E-state index contributed by atoms with van der Waals surface area (Å²) in [5.41, 5.74) is 3.74. The van der Waals surface area contributed by atoms with E-state index in [-0.39, 0.29) is 0 Å². The number of benzene rings is 1. The van der Waals surface area contributed by atoms with E-state index in [4.69, 9.17) is 0 Å². The number of imidazole rings is 1. The fourth-order valence-electron chi connectivity index (χ4n) is 3.14. The molecule has 1 aromatic carbocycles. The fourth-order valence-corrected chi connectivity index (χ4v) is 3.14. The van der Waals surface area contributed by atoms with Gasteiger partial charge in [0.15, 0.2) is 0 Å². The average Bonchev–Trinajstić information content (AvgIpc) is 3.09. The number of aromatic nitrogens is 2. The summed E-state index contributed by atoms with van der Waals surface area (Å²) in [4.78, 5) is 6.58. The van der Waals surface area contributed by atoms with Crippen LogP contribution in [0.2, 0.25) is 0 Å². The molecule has 0 bridgehead atoms. The van der Waals surface area contributed by atoms with Gasteiger partial charge in [-0.1, -0.05) is 24.3 Å². The lowest BCUT2D eigenvalue weighted by Gasteiger charge is -2.32. The van der Waals surface area contributed by atoms with Crippen molar-refractivity contribution in [1.82, 2.24) is 19.8 Å². The van der Waals surface area contributed by atoms with Gasteiger partial charge in [0.1, 0.15) is 0 Å². The number of nitrogens with one attached hydrogen (secondary N) is 1. The molecule has 2 heterocycles. The highest BCUT2D eigenvalue weighted by atomic mass is 15.1. The highest BCUT2D eigenvalue weighted by Crippen LogP contribution is 2.13. The van der Waals surface area contributed by atoms with E-state index < -0.39 is 0 Å². The summed E-state index contributed by atoms with van der Waals surface area (Å²) in [6.45, 7) is 10.4. The molecule has 1 N–H and O–H groups in total. The van der Waals surface area contributed by atoms with Crippen LogP contribution < -0.4 is 5.32 Å². The molecule has 1 aromatic heterocycles. The van der Waals surface area contributed by atoms with E-state index in [1.807, 2.05) is 17.1 Å². The Morgan fingerprint density at radius 2 is 2.00 bits per heavy atom. The number of rotatable bonds is 6. The number of likely N-dealkylation sites (tertiary alicyclic amines) is 1. The summed E-state index contributed by atoms with van der Waals surface area (Å²) in [5, 5.41) is 3.70. The van der Waals surface area contributed by atoms with Crippen LogP contribution in [0, 0.1) is 0 Å². The zero-order valence-corrected chi connectivity index (χ0v) is 13.9. The van der Waals surface area contributed by atoms with Crippen molar-refractivity contribution in [3.63, 3.8) is 0 Å². The van der Waals surface area contributed by atoms with E-state index in [9.17, 15) is 0 Å². The monoisotopic (exact) mass is 310 g/mol. The smallest absolute Gasteiger partial charge is 0.0991 e. The molecule has 1 saturated heterocycles. The van der Waals surface area contributed by atoms with Gasteiger partial charge in [0, 0.05) is 37.2 Å². The standard InChI is InChI=1S/C19H26N4/c1-16(2)14-22-10-7-18(8-11-22)21-13-17-3-5-19(6-4-17)23-12-9-20-15-23/h3-6,9,12,15,18,21H,1,7-8,10-11,13-14H2,2H3. The molecule has 122 valence electrons. The summed E-state index contributed by atoms with van der Waals surface area (Å²) in [5.74, 6) is 0. The maximum atomic E-state index is 4.08. The second-order valence-corrected chi connectivity index (χ2v) is 6.52. The summed E-state index contributed by atoms with van der Waals surface area (Å²) in [6.07, 6.45) is 8.04. The van der Waals surface area contributed by atoms with Crippen molar-refractivity contribution in [2.75, 3.05) is 19.6 Å². The first-order valence-corrected chi connectivity index (χ1v) is 8.38. The zero-order chi connectivity index (χ0) is 16.1. The third-order valence-corrected chi connectivity index (χ3v) is 4.41. The molecule has 4 nitrogen and oxygen atoms in total. The Morgan fingerprint density at radius 1 is 1.26 bits per heavy atom. The minimum Gasteiger partial charge on any atom is -0.310 e. The van der Waals surface area contributed by atoms with E-state index in [1.165, 1.54) is 37.1 Å². The van der Waals surface area contributed by atoms with Crippen LogP contribution in [0.1, 0.15) is 25.3 Å². The predicted molar refractivity (Wildman–Crippen MR) is 94.7 cm³/mol. The quantitative estimate of drug-likeness (QED) is 0.833. The van der Waals surface area contributed by atoms with E-state index in [0.29, 0.717) is 6.04 Å². The molecule has 23 heavy (non-hydrogen) atoms. The van der Waals surface area contributed by atoms with Crippen molar-refractivity contribution >= 4 is 0 Å². The number of hydrogen-bond donors (Lipinski definition) is 1. The van der Waals surface area contributed by atoms with Crippen molar-refractivity contribution in [1.29, 1.82) is 0 Å². The molecular formula is C19H26N4. The largest absolute Gasteiger partial charge is 0.310 e. The molecule has 1 fully saturated rings. The topological polar surface area (TPSA) is 33.1 Å². The van der Waals surface area contributed by atoms with Crippen LogP contribution in [0.3, 0.4) is 0 Å². The molecule has 0 radical (unpaired) electrons. The number of nitrogens with zero attached hydrogens (tertiary/aromatic N) is 3. The van der Waals surface area contributed by atoms with Crippen LogP contribution in [0.4, 0.5) is 0 Å². The molecule has 0 saturated carbocycles. The van der Waals surface area contributed by atoms with Gasteiger partial charge >= 0.3 is 0 Å². The first kappa shape index (κ1) is 16.0. The highest BCUT2D eigenvalue weighted by molar-refractivity contribution is 5.34. The SMILES string of the molecule is C=C(C)CN1CCC(NCc2ccc(-n3ccnc3)cc2)CC1. The van der Waals surface area contributed by atoms with Gasteiger partial charge < -0.3 is 9.88 Å². The minimum absolute atomic E-state index is 0.629. The second kappa shape index (κ2) is 7.57. The first-order valence-electron chi connectivity index (χ1n) is 8.38. The lowest BCUT2D eigenvalue weighted by atomic mass is 10.0. The van der Waals surface area contributed by atoms with E-state index in [0.717, 1.165) is 18.8 Å². The summed E-state index contributed by atoms with van der Waals surface area (Å²) in [6, 6.07) is 9.31. The third-order valence-electron chi connectivity index (χ3n) is 4.41. The lowest BCUT2D eigenvalue weighted by Crippen LogP contribution is -2.42. The maximum absolute atomic E-state index is 4.08. The Kier molecular flexibility index (Phi) is 5.26. The Labute approximate surface area is 138 Å². The molecule has 0 aliphatic carbocycles. The van der Waals surface area contributed by atoms with Gasteiger partial charge in [0.2, 0.25) is 0 Å². The molecule has 0 spiro atoms. The van der Waals surface area contributed by atoms with Crippen molar-refractivity contribution in [2.45, 2.75) is 32.4 Å². The molecular weight excluding hydrogens is 284 g/mol. The Morgan fingerprint density at radius 3 is 2.61 bits per heavy atom. The molecule has 2 aromatic rings. The Balaban J connectivity index is 1.45. The number of piperidine rings is 1. The molecule has 0 unspecified atom stereocenters. The second-order valence-electron chi connectivity index (χ2n) is 6.52. The van der Waals surface area contributed by atoms with Gasteiger partial charge in [0.25, 0.3) is 0 Å². The number of hydrogen-bond acceptors (Lipinski definition) is 3. The normalized spacial score (nSPS) is 16.6. The van der Waals surface area contributed by atoms with Crippen LogP contribution in [0.5, 0.6) is 0 Å². The minimum atomic E-state index is 0.629. The summed E-state index contributed by atoms with van der Waals surface area (Å²) >= 11 is 0. The molecule has 3 rings (SSSR count). The van der Waals surface area contributed by atoms with E-state index >= 15 is 0 Å². The average molecular weight is 310 g/mol. The van der Waals surface area contributed by atoms with Crippen molar-refractivity contribution < 1.29 is 0 Å². The Bertz CT molecular complexity index is 607. The van der Waals surface area contributed by atoms with Crippen LogP contribution in [-0.2, 0) is 6.54 Å². The van der Waals surface area contributed by atoms with Gasteiger partial charge in [-0.2, -0.15) is 0 Å². The van der Waals surface area contributed by atoms with Gasteiger partial charge in [-0.3, -0.25) is 4.90 Å². The highest BCUT2D eigenvalue weighted by Gasteiger charge is 2.18. The van der Waals surface area contributed by atoms with Crippen LogP contribution in [0.25, 0.3) is 5.69 Å². The molecule has 1 aliphatic rings. The van der Waals surface area contributed by atoms with Crippen molar-refractivity contribution in [2.24, 2.45) is 0 Å². The van der Waals surface area contributed by atoms with Crippen LogP contribution in [-0.4, -0.2) is 40.1 Å². The van der Waals surface area contributed by atoms with Gasteiger partial charge in [-0.15, -0.1) is 0 Å². The van der Waals surface area contributed by atoms with Gasteiger partial charge in [-0.05, 0) is 50.6 Å². The molecule has 0 amide bonds. The Hall–Kier alpha value is -1.91. The third kappa shape index (κ3) is 4.53. The zero-order valence-electron chi connectivity index (χ0n) is 13.9. The van der Waals surface area contributed by atoms with E-state index in [2.05, 4.69) is 53.0 Å². The van der Waals surface area contributed by atoms with E-state index in [1.54, 1.807) is 6.20 Å². The maximum Gasteiger partial charge on any atom is 0.0991 e. The molecule has 1 aliphatic heterocycles. The van der Waals surface area contributed by atoms with Crippen LogP contribution in [0.15, 0.2) is 55.1 Å². The van der Waals surface area contributed by atoms with Gasteiger partial charge in [-0.25, -0.2) is 4.98 Å². The predicted octanol–water partition coefficient (Wildman–Crippen LogP) is 3.00. The summed E-state index contributed by atoms with van der Waals surface area (Å²) < 4.78 is 2.02. The fraction of sp³-hybridized carbons (Fsp3) is 0.421. The van der Waals surface area contributed by atoms with Crippen molar-refractivity contribution in [3.8, 4) is 5.69 Å². The van der Waals surface area contributed by atoms with Crippen molar-refractivity contribution in [3.05, 3.63) is 60.7 Å². The first-order chi connectivity index (χ1) is 11.2. The molecule has 4 heteroatoms. The lowest BCUT2D eigenvalue weighted by molar-refractivity contribution is 0.211. The molecule has 0 atom stereocenters. The van der Waals surface area contributed by atoms with Gasteiger partial charge in [0.05, 0.1) is 6.33 Å².